The van der Waals surface area contributed by atoms with Gasteiger partial charge in [-0.1, -0.05) is 90.1 Å². The van der Waals surface area contributed by atoms with Crippen LogP contribution >= 0.6 is 0 Å². The first-order chi connectivity index (χ1) is 17.7. The van der Waals surface area contributed by atoms with E-state index in [1.165, 1.54) is 0 Å². The highest BCUT2D eigenvalue weighted by atomic mass is 16.5. The monoisotopic (exact) mass is 478 g/mol. The SMILES string of the molecule is O=C(NC(Cc1ccc(OCc2ccccc2)cc1)n1nnc2ccccc21)OCc1ccccc1. The number of amides is 1. The van der Waals surface area contributed by atoms with Gasteiger partial charge in [-0.25, -0.2) is 9.48 Å². The van der Waals surface area contributed by atoms with E-state index in [4.69, 9.17) is 9.47 Å². The predicted molar refractivity (Wildman–Crippen MR) is 137 cm³/mol. The average Bonchev–Trinajstić information content (AvgIpc) is 3.37. The zero-order valence-electron chi connectivity index (χ0n) is 19.7. The third kappa shape index (κ3) is 5.88. The fraction of sp³-hybridized carbons (Fsp3) is 0.138. The summed E-state index contributed by atoms with van der Waals surface area (Å²) in [7, 11) is 0. The molecule has 1 aromatic heterocycles. The molecule has 1 amide bonds. The van der Waals surface area contributed by atoms with E-state index in [-0.39, 0.29) is 6.61 Å². The van der Waals surface area contributed by atoms with Crippen LogP contribution in [0.3, 0.4) is 0 Å². The normalized spacial score (nSPS) is 11.7. The molecule has 1 heterocycles. The number of ether oxygens (including phenoxy) is 2. The van der Waals surface area contributed by atoms with Crippen molar-refractivity contribution in [3.8, 4) is 5.75 Å². The van der Waals surface area contributed by atoms with Crippen molar-refractivity contribution in [1.29, 1.82) is 0 Å². The Morgan fingerprint density at radius 2 is 1.39 bits per heavy atom. The van der Waals surface area contributed by atoms with Gasteiger partial charge < -0.3 is 9.47 Å². The van der Waals surface area contributed by atoms with Crippen LogP contribution in [0.2, 0.25) is 0 Å². The molecule has 180 valence electrons. The van der Waals surface area contributed by atoms with Gasteiger partial charge >= 0.3 is 6.09 Å². The average molecular weight is 479 g/mol. The molecule has 7 nitrogen and oxygen atoms in total. The van der Waals surface area contributed by atoms with Gasteiger partial charge in [-0.3, -0.25) is 5.32 Å². The lowest BCUT2D eigenvalue weighted by molar-refractivity contribution is 0.130. The van der Waals surface area contributed by atoms with Crippen LogP contribution in [0.25, 0.3) is 11.0 Å². The lowest BCUT2D eigenvalue weighted by Gasteiger charge is -2.20. The van der Waals surface area contributed by atoms with E-state index in [9.17, 15) is 4.79 Å². The molecule has 0 aliphatic carbocycles. The van der Waals surface area contributed by atoms with Gasteiger partial charge in [0.05, 0.1) is 5.52 Å². The van der Waals surface area contributed by atoms with Crippen molar-refractivity contribution in [2.75, 3.05) is 0 Å². The zero-order valence-corrected chi connectivity index (χ0v) is 19.7. The van der Waals surface area contributed by atoms with Gasteiger partial charge in [0, 0.05) is 6.42 Å². The maximum atomic E-state index is 12.7. The zero-order chi connectivity index (χ0) is 24.6. The van der Waals surface area contributed by atoms with E-state index in [1.54, 1.807) is 4.68 Å². The third-order valence-corrected chi connectivity index (χ3v) is 5.77. The number of rotatable bonds is 9. The summed E-state index contributed by atoms with van der Waals surface area (Å²) < 4.78 is 13.1. The highest BCUT2D eigenvalue weighted by molar-refractivity contribution is 5.74. The fourth-order valence-corrected chi connectivity index (χ4v) is 3.90. The molecule has 5 aromatic rings. The maximum absolute atomic E-state index is 12.7. The topological polar surface area (TPSA) is 78.3 Å². The van der Waals surface area contributed by atoms with Gasteiger partial charge in [-0.2, -0.15) is 0 Å². The first kappa shape index (κ1) is 23.1. The summed E-state index contributed by atoms with van der Waals surface area (Å²) in [5.41, 5.74) is 4.62. The van der Waals surface area contributed by atoms with Gasteiger partial charge in [-0.15, -0.1) is 5.10 Å². The number of para-hydroxylation sites is 1. The van der Waals surface area contributed by atoms with E-state index >= 15 is 0 Å². The number of aromatic nitrogens is 3. The number of nitrogens with zero attached hydrogens (tertiary/aromatic N) is 3. The molecule has 0 aliphatic rings. The molecule has 4 aromatic carbocycles. The summed E-state index contributed by atoms with van der Waals surface area (Å²) >= 11 is 0. The summed E-state index contributed by atoms with van der Waals surface area (Å²) in [6, 6.07) is 35.1. The largest absolute Gasteiger partial charge is 0.489 e. The van der Waals surface area contributed by atoms with Crippen LogP contribution in [0.4, 0.5) is 4.79 Å². The number of alkyl carbamates (subject to hydrolysis) is 1. The molecule has 1 N–H and O–H groups in total. The summed E-state index contributed by atoms with van der Waals surface area (Å²) in [5.74, 6) is 0.778. The van der Waals surface area contributed by atoms with Crippen molar-refractivity contribution in [1.82, 2.24) is 20.3 Å². The molecule has 1 atom stereocenters. The minimum Gasteiger partial charge on any atom is -0.489 e. The fourth-order valence-electron chi connectivity index (χ4n) is 3.90. The molecule has 0 aliphatic heterocycles. The number of benzene rings is 4. The Morgan fingerprint density at radius 1 is 0.750 bits per heavy atom. The van der Waals surface area contributed by atoms with Crippen LogP contribution in [-0.2, 0) is 24.4 Å². The molecule has 0 saturated heterocycles. The van der Waals surface area contributed by atoms with E-state index in [0.717, 1.165) is 33.5 Å². The van der Waals surface area contributed by atoms with Crippen molar-refractivity contribution in [2.24, 2.45) is 0 Å². The summed E-state index contributed by atoms with van der Waals surface area (Å²) in [6.45, 7) is 0.688. The van der Waals surface area contributed by atoms with Gasteiger partial charge in [-0.05, 0) is 41.0 Å². The third-order valence-electron chi connectivity index (χ3n) is 5.77. The van der Waals surface area contributed by atoms with Gasteiger partial charge in [0.2, 0.25) is 0 Å². The number of hydrogen-bond donors (Lipinski definition) is 1. The molecule has 36 heavy (non-hydrogen) atoms. The second-order valence-corrected chi connectivity index (χ2v) is 8.37. The van der Waals surface area contributed by atoms with Gasteiger partial charge in [0.15, 0.2) is 0 Å². The van der Waals surface area contributed by atoms with Crippen LogP contribution in [0, 0.1) is 0 Å². The smallest absolute Gasteiger partial charge is 0.409 e. The minimum absolute atomic E-state index is 0.185. The number of hydrogen-bond acceptors (Lipinski definition) is 5. The van der Waals surface area contributed by atoms with Gasteiger partial charge in [0.25, 0.3) is 0 Å². The molecule has 0 radical (unpaired) electrons. The Balaban J connectivity index is 1.29. The Labute approximate surface area is 209 Å². The van der Waals surface area contributed by atoms with E-state index < -0.39 is 12.3 Å². The Kier molecular flexibility index (Phi) is 7.18. The van der Waals surface area contributed by atoms with Crippen LogP contribution in [0.1, 0.15) is 22.9 Å². The standard InChI is InChI=1S/C29H26N4O3/c34-29(36-21-24-11-5-2-6-12-24)30-28(33-27-14-8-7-13-26(27)31-32-33)19-22-15-17-25(18-16-22)35-20-23-9-3-1-4-10-23/h1-18,28H,19-21H2,(H,30,34). The highest BCUT2D eigenvalue weighted by Gasteiger charge is 2.20. The molecule has 7 heteroatoms. The van der Waals surface area contributed by atoms with Crippen LogP contribution in [0.5, 0.6) is 5.75 Å². The predicted octanol–water partition coefficient (Wildman–Crippen LogP) is 5.68. The van der Waals surface area contributed by atoms with Crippen molar-refractivity contribution < 1.29 is 14.3 Å². The number of nitrogens with one attached hydrogen (secondary N) is 1. The molecular weight excluding hydrogens is 452 g/mol. The summed E-state index contributed by atoms with van der Waals surface area (Å²) in [5, 5.41) is 11.5. The number of carbonyl (C=O) groups is 1. The number of carbonyl (C=O) groups excluding carboxylic acids is 1. The Bertz CT molecular complexity index is 1400. The minimum atomic E-state index is -0.522. The van der Waals surface area contributed by atoms with Crippen molar-refractivity contribution in [3.05, 3.63) is 126 Å². The first-order valence-corrected chi connectivity index (χ1v) is 11.8. The lowest BCUT2D eigenvalue weighted by Crippen LogP contribution is -2.35. The van der Waals surface area contributed by atoms with Crippen LogP contribution in [0.15, 0.2) is 109 Å². The Morgan fingerprint density at radius 3 is 2.11 bits per heavy atom. The quantitative estimate of drug-likeness (QED) is 0.295. The second kappa shape index (κ2) is 11.2. The lowest BCUT2D eigenvalue weighted by atomic mass is 10.1. The number of fused-ring (bicyclic) bond motifs is 1. The molecule has 5 rings (SSSR count). The first-order valence-electron chi connectivity index (χ1n) is 11.8. The van der Waals surface area contributed by atoms with E-state index in [0.29, 0.717) is 13.0 Å². The Hall–Kier alpha value is -4.65. The van der Waals surface area contributed by atoms with Crippen LogP contribution in [-0.4, -0.2) is 21.1 Å². The van der Waals surface area contributed by atoms with Crippen molar-refractivity contribution in [2.45, 2.75) is 25.8 Å². The highest BCUT2D eigenvalue weighted by Crippen LogP contribution is 2.21. The second-order valence-electron chi connectivity index (χ2n) is 8.37. The van der Waals surface area contributed by atoms with E-state index in [2.05, 4.69) is 15.6 Å². The maximum Gasteiger partial charge on any atom is 0.409 e. The molecule has 0 fully saturated rings. The molecule has 1 unspecified atom stereocenters. The summed E-state index contributed by atoms with van der Waals surface area (Å²) in [6.07, 6.45) is -0.518. The summed E-state index contributed by atoms with van der Waals surface area (Å²) in [4.78, 5) is 12.7. The van der Waals surface area contributed by atoms with Crippen molar-refractivity contribution >= 4 is 17.1 Å². The van der Waals surface area contributed by atoms with Crippen molar-refractivity contribution in [3.63, 3.8) is 0 Å². The molecule has 0 saturated carbocycles. The van der Waals surface area contributed by atoms with Gasteiger partial charge in [0.1, 0.15) is 30.6 Å². The van der Waals surface area contributed by atoms with Crippen LogP contribution < -0.4 is 10.1 Å². The van der Waals surface area contributed by atoms with E-state index in [1.807, 2.05) is 109 Å². The molecule has 0 bridgehead atoms. The molecular formula is C29H26N4O3. The molecule has 0 spiro atoms.